The monoisotopic (exact) mass is 282 g/mol. The van der Waals surface area contributed by atoms with E-state index in [1.54, 1.807) is 0 Å². The number of nitrogens with one attached hydrogen (secondary N) is 1. The smallest absolute Gasteiger partial charge is 0.336 e. The molecular weight excluding hydrogens is 268 g/mol. The number of carboxylic acids is 1. The highest BCUT2D eigenvalue weighted by Gasteiger charge is 2.20. The van der Waals surface area contributed by atoms with E-state index >= 15 is 0 Å². The first kappa shape index (κ1) is 15.6. The van der Waals surface area contributed by atoms with Crippen LogP contribution in [0.15, 0.2) is 18.2 Å². The Morgan fingerprint density at radius 1 is 1.40 bits per heavy atom. The highest BCUT2D eigenvalue weighted by molar-refractivity contribution is 6.05. The maximum Gasteiger partial charge on any atom is 0.336 e. The number of nitrogens with zero attached hydrogens (tertiary/aromatic N) is 1. The molecule has 20 heavy (non-hydrogen) atoms. The first-order chi connectivity index (χ1) is 9.47. The molecule has 8 nitrogen and oxygen atoms in total. The molecule has 0 aromatic heterocycles. The fourth-order valence-corrected chi connectivity index (χ4v) is 1.53. The molecule has 0 aliphatic carbocycles. The molecule has 0 aliphatic heterocycles. The Kier molecular flexibility index (Phi) is 5.60. The number of hydrogen-bond donors (Lipinski definition) is 2. The molecule has 0 heterocycles. The number of hydrogen-bond acceptors (Lipinski definition) is 5. The average molecular weight is 282 g/mol. The van der Waals surface area contributed by atoms with Gasteiger partial charge in [0.05, 0.1) is 16.1 Å². The number of nitro groups is 1. The van der Waals surface area contributed by atoms with Crippen molar-refractivity contribution in [2.75, 3.05) is 20.3 Å². The summed E-state index contributed by atoms with van der Waals surface area (Å²) < 4.78 is 4.81. The van der Waals surface area contributed by atoms with Crippen LogP contribution < -0.4 is 5.32 Å². The summed E-state index contributed by atoms with van der Waals surface area (Å²) in [6, 6.07) is 3.09. The van der Waals surface area contributed by atoms with Gasteiger partial charge >= 0.3 is 5.97 Å². The predicted molar refractivity (Wildman–Crippen MR) is 68.9 cm³/mol. The van der Waals surface area contributed by atoms with Crippen LogP contribution in [-0.2, 0) is 4.74 Å². The summed E-state index contributed by atoms with van der Waals surface area (Å²) in [6.07, 6.45) is 0.581. The summed E-state index contributed by atoms with van der Waals surface area (Å²) in [7, 11) is 1.53. The Balaban J connectivity index is 2.90. The zero-order chi connectivity index (χ0) is 15.1. The van der Waals surface area contributed by atoms with Crippen molar-refractivity contribution in [1.29, 1.82) is 0 Å². The highest BCUT2D eigenvalue weighted by Crippen LogP contribution is 2.18. The molecule has 0 unspecified atom stereocenters. The first-order valence-electron chi connectivity index (χ1n) is 5.76. The lowest BCUT2D eigenvalue weighted by molar-refractivity contribution is -0.384. The number of methoxy groups -OCH3 is 1. The Morgan fingerprint density at radius 3 is 2.65 bits per heavy atom. The van der Waals surface area contributed by atoms with E-state index in [1.807, 2.05) is 0 Å². The number of aromatic carboxylic acids is 1. The third kappa shape index (κ3) is 4.02. The molecule has 2 N–H and O–H groups in total. The van der Waals surface area contributed by atoms with Crippen molar-refractivity contribution < 1.29 is 24.4 Å². The number of carboxylic acid groups (broad SMARTS) is 1. The summed E-state index contributed by atoms with van der Waals surface area (Å²) >= 11 is 0. The van der Waals surface area contributed by atoms with Gasteiger partial charge in [-0.15, -0.1) is 0 Å². The lowest BCUT2D eigenvalue weighted by atomic mass is 10.1. The minimum atomic E-state index is -1.39. The molecule has 0 aliphatic rings. The average Bonchev–Trinajstić information content (AvgIpc) is 2.42. The van der Waals surface area contributed by atoms with Gasteiger partial charge in [-0.25, -0.2) is 4.79 Å². The van der Waals surface area contributed by atoms with Crippen LogP contribution in [0.4, 0.5) is 5.69 Å². The number of ether oxygens (including phenoxy) is 1. The lowest BCUT2D eigenvalue weighted by Crippen LogP contribution is -2.27. The van der Waals surface area contributed by atoms with Gasteiger partial charge in [-0.3, -0.25) is 14.9 Å². The standard InChI is InChI=1S/C12H14N2O6/c1-20-6-2-5-13-11(15)9-4-3-8(14(18)19)7-10(9)12(16)17/h3-4,7H,2,5-6H2,1H3,(H,13,15)(H,16,17). The van der Waals surface area contributed by atoms with Crippen LogP contribution >= 0.6 is 0 Å². The van der Waals surface area contributed by atoms with Crippen molar-refractivity contribution in [2.45, 2.75) is 6.42 Å². The first-order valence-corrected chi connectivity index (χ1v) is 5.76. The minimum Gasteiger partial charge on any atom is -0.478 e. The van der Waals surface area contributed by atoms with Gasteiger partial charge in [0, 0.05) is 32.4 Å². The molecule has 1 amide bonds. The summed E-state index contributed by atoms with van der Waals surface area (Å²) in [5.74, 6) is -1.98. The van der Waals surface area contributed by atoms with Crippen molar-refractivity contribution in [3.05, 3.63) is 39.4 Å². The van der Waals surface area contributed by atoms with Crippen molar-refractivity contribution in [2.24, 2.45) is 0 Å². The SMILES string of the molecule is COCCCNC(=O)c1ccc([N+](=O)[O-])cc1C(=O)O. The number of carbonyl (C=O) groups excluding carboxylic acids is 1. The topological polar surface area (TPSA) is 119 Å². The maximum atomic E-state index is 11.8. The molecule has 1 rings (SSSR count). The van der Waals surface area contributed by atoms with E-state index in [0.29, 0.717) is 19.6 Å². The molecule has 0 radical (unpaired) electrons. The van der Waals surface area contributed by atoms with Gasteiger partial charge in [0.15, 0.2) is 0 Å². The van der Waals surface area contributed by atoms with Crippen LogP contribution in [0.5, 0.6) is 0 Å². The second-order valence-corrected chi connectivity index (χ2v) is 3.89. The molecule has 0 bridgehead atoms. The second-order valence-electron chi connectivity index (χ2n) is 3.89. The van der Waals surface area contributed by atoms with Crippen molar-refractivity contribution in [3.63, 3.8) is 0 Å². The van der Waals surface area contributed by atoms with Crippen LogP contribution in [0, 0.1) is 10.1 Å². The minimum absolute atomic E-state index is 0.111. The lowest BCUT2D eigenvalue weighted by Gasteiger charge is -2.07. The van der Waals surface area contributed by atoms with Crippen LogP contribution in [0.2, 0.25) is 0 Å². The highest BCUT2D eigenvalue weighted by atomic mass is 16.6. The van der Waals surface area contributed by atoms with Gasteiger partial charge in [0.25, 0.3) is 11.6 Å². The van der Waals surface area contributed by atoms with Gasteiger partial charge in [-0.1, -0.05) is 0 Å². The van der Waals surface area contributed by atoms with E-state index in [-0.39, 0.29) is 11.3 Å². The molecule has 1 aromatic rings. The van der Waals surface area contributed by atoms with E-state index in [1.165, 1.54) is 7.11 Å². The molecule has 1 aromatic carbocycles. The van der Waals surface area contributed by atoms with Crippen LogP contribution in [-0.4, -0.2) is 42.2 Å². The molecular formula is C12H14N2O6. The van der Waals surface area contributed by atoms with Crippen LogP contribution in [0.25, 0.3) is 0 Å². The zero-order valence-corrected chi connectivity index (χ0v) is 10.8. The Bertz CT molecular complexity index is 529. The number of nitro benzene ring substituents is 1. The molecule has 0 spiro atoms. The van der Waals surface area contributed by atoms with Gasteiger partial charge in [-0.05, 0) is 12.5 Å². The summed E-state index contributed by atoms with van der Waals surface area (Å²) in [6.45, 7) is 0.787. The summed E-state index contributed by atoms with van der Waals surface area (Å²) in [5.41, 5.74) is -0.887. The van der Waals surface area contributed by atoms with Crippen molar-refractivity contribution in [3.8, 4) is 0 Å². The molecule has 0 fully saturated rings. The predicted octanol–water partition coefficient (Wildman–Crippen LogP) is 1.06. The van der Waals surface area contributed by atoms with Crippen LogP contribution in [0.1, 0.15) is 27.1 Å². The van der Waals surface area contributed by atoms with E-state index < -0.39 is 22.4 Å². The molecule has 0 atom stereocenters. The normalized spacial score (nSPS) is 10.1. The zero-order valence-electron chi connectivity index (χ0n) is 10.8. The second kappa shape index (κ2) is 7.19. The fourth-order valence-electron chi connectivity index (χ4n) is 1.53. The molecule has 0 saturated carbocycles. The number of non-ortho nitro benzene ring substituents is 1. The van der Waals surface area contributed by atoms with E-state index in [4.69, 9.17) is 9.84 Å². The van der Waals surface area contributed by atoms with E-state index in [2.05, 4.69) is 5.32 Å². The fraction of sp³-hybridized carbons (Fsp3) is 0.333. The number of amides is 1. The number of rotatable bonds is 7. The molecule has 0 saturated heterocycles. The van der Waals surface area contributed by atoms with E-state index in [9.17, 15) is 19.7 Å². The Morgan fingerprint density at radius 2 is 2.10 bits per heavy atom. The van der Waals surface area contributed by atoms with E-state index in [0.717, 1.165) is 18.2 Å². The summed E-state index contributed by atoms with van der Waals surface area (Å²) in [4.78, 5) is 32.8. The van der Waals surface area contributed by atoms with Crippen LogP contribution in [0.3, 0.4) is 0 Å². The maximum absolute atomic E-state index is 11.8. The largest absolute Gasteiger partial charge is 0.478 e. The quantitative estimate of drug-likeness (QED) is 0.438. The van der Waals surface area contributed by atoms with Crippen molar-refractivity contribution >= 4 is 17.6 Å². The van der Waals surface area contributed by atoms with Gasteiger partial charge in [-0.2, -0.15) is 0 Å². The number of carbonyl (C=O) groups is 2. The third-order valence-corrected chi connectivity index (χ3v) is 2.50. The van der Waals surface area contributed by atoms with Gasteiger partial charge in [0.2, 0.25) is 0 Å². The van der Waals surface area contributed by atoms with Gasteiger partial charge in [0.1, 0.15) is 0 Å². The number of benzene rings is 1. The molecule has 8 heteroatoms. The van der Waals surface area contributed by atoms with Crippen molar-refractivity contribution in [1.82, 2.24) is 5.32 Å². The Hall–Kier alpha value is -2.48. The third-order valence-electron chi connectivity index (χ3n) is 2.50. The van der Waals surface area contributed by atoms with Gasteiger partial charge < -0.3 is 15.2 Å². The Labute approximate surface area is 114 Å². The summed E-state index contributed by atoms with van der Waals surface area (Å²) in [5, 5.41) is 22.1. The molecule has 108 valence electrons.